The van der Waals surface area contributed by atoms with E-state index in [0.717, 1.165) is 5.56 Å². The van der Waals surface area contributed by atoms with Crippen molar-refractivity contribution in [3.8, 4) is 0 Å². The van der Waals surface area contributed by atoms with Gasteiger partial charge in [-0.25, -0.2) is 4.79 Å². The summed E-state index contributed by atoms with van der Waals surface area (Å²) >= 11 is 0. The molecule has 3 unspecified atom stereocenters. The highest BCUT2D eigenvalue weighted by atomic mass is 16.5. The molecule has 1 saturated carbocycles. The first kappa shape index (κ1) is 15.0. The Morgan fingerprint density at radius 2 is 1.71 bits per heavy atom. The second-order valence-corrected chi connectivity index (χ2v) is 4.93. The average Bonchev–Trinajstić information content (AvgIpc) is 3.15. The van der Waals surface area contributed by atoms with Crippen LogP contribution in [0, 0.1) is 5.92 Å². The van der Waals surface area contributed by atoms with Gasteiger partial charge in [-0.3, -0.25) is 9.59 Å². The van der Waals surface area contributed by atoms with Crippen LogP contribution in [0.3, 0.4) is 0 Å². The number of carbonyl (C=O) groups is 3. The second kappa shape index (κ2) is 5.55. The summed E-state index contributed by atoms with van der Waals surface area (Å²) in [4.78, 5) is 35.7. The number of esters is 2. The zero-order valence-electron chi connectivity index (χ0n) is 12.1. The van der Waals surface area contributed by atoms with Crippen molar-refractivity contribution >= 4 is 17.8 Å². The fourth-order valence-corrected chi connectivity index (χ4v) is 2.87. The fourth-order valence-electron chi connectivity index (χ4n) is 2.87. The van der Waals surface area contributed by atoms with Crippen LogP contribution in [0.5, 0.6) is 0 Å². The largest absolute Gasteiger partial charge is 0.469 e. The van der Waals surface area contributed by atoms with E-state index < -0.39 is 35.2 Å². The molecule has 0 aliphatic heterocycles. The second-order valence-electron chi connectivity index (χ2n) is 4.93. The first-order chi connectivity index (χ1) is 9.98. The molecule has 1 aliphatic rings. The molecule has 6 nitrogen and oxygen atoms in total. The zero-order chi connectivity index (χ0) is 15.6. The van der Waals surface area contributed by atoms with E-state index >= 15 is 0 Å². The summed E-state index contributed by atoms with van der Waals surface area (Å²) in [5, 5.41) is 2.58. The zero-order valence-corrected chi connectivity index (χ0v) is 12.1. The lowest BCUT2D eigenvalue weighted by Gasteiger charge is -2.16. The molecule has 0 aromatic heterocycles. The van der Waals surface area contributed by atoms with Crippen molar-refractivity contribution in [1.82, 2.24) is 5.32 Å². The minimum atomic E-state index is -1.39. The molecule has 6 heteroatoms. The van der Waals surface area contributed by atoms with E-state index in [4.69, 9.17) is 9.47 Å². The molecule has 2 rings (SSSR count). The molecule has 112 valence electrons. The van der Waals surface area contributed by atoms with Gasteiger partial charge in [0, 0.05) is 12.8 Å². The molecular formula is C15H17NO5. The Morgan fingerprint density at radius 1 is 1.10 bits per heavy atom. The molecule has 0 saturated heterocycles. The number of nitrogens with one attached hydrogen (secondary N) is 1. The van der Waals surface area contributed by atoms with Gasteiger partial charge in [0.15, 0.2) is 5.54 Å². The van der Waals surface area contributed by atoms with E-state index in [-0.39, 0.29) is 0 Å². The lowest BCUT2D eigenvalue weighted by atomic mass is 10.1. The van der Waals surface area contributed by atoms with Gasteiger partial charge in [0.25, 0.3) is 0 Å². The third kappa shape index (κ3) is 2.37. The van der Waals surface area contributed by atoms with Crippen LogP contribution in [-0.4, -0.2) is 37.6 Å². The highest BCUT2D eigenvalue weighted by molar-refractivity contribution is 6.01. The van der Waals surface area contributed by atoms with Gasteiger partial charge in [0.1, 0.15) is 5.92 Å². The Labute approximate surface area is 122 Å². The molecule has 0 radical (unpaired) electrons. The maximum atomic E-state index is 12.2. The van der Waals surface area contributed by atoms with Crippen LogP contribution in [0.15, 0.2) is 30.3 Å². The Morgan fingerprint density at radius 3 is 2.19 bits per heavy atom. The summed E-state index contributed by atoms with van der Waals surface area (Å²) < 4.78 is 9.55. The third-order valence-electron chi connectivity index (χ3n) is 3.73. The summed E-state index contributed by atoms with van der Waals surface area (Å²) in [5.74, 6) is -2.90. The summed E-state index contributed by atoms with van der Waals surface area (Å²) in [6, 6.07) is 9.03. The van der Waals surface area contributed by atoms with Crippen molar-refractivity contribution in [2.45, 2.75) is 18.4 Å². The number of carbonyl (C=O) groups excluding carboxylic acids is 3. The maximum absolute atomic E-state index is 12.2. The van der Waals surface area contributed by atoms with Crippen LogP contribution in [-0.2, 0) is 23.9 Å². The Bertz CT molecular complexity index is 571. The van der Waals surface area contributed by atoms with Gasteiger partial charge in [0.05, 0.1) is 14.2 Å². The number of amides is 1. The lowest BCUT2D eigenvalue weighted by molar-refractivity contribution is -0.151. The van der Waals surface area contributed by atoms with E-state index in [1.54, 1.807) is 24.3 Å². The quantitative estimate of drug-likeness (QED) is 0.822. The van der Waals surface area contributed by atoms with Crippen LogP contribution in [0.4, 0.5) is 0 Å². The molecule has 3 atom stereocenters. The van der Waals surface area contributed by atoms with Crippen LogP contribution in [0.1, 0.15) is 18.4 Å². The number of hydrogen-bond acceptors (Lipinski definition) is 5. The lowest BCUT2D eigenvalue weighted by Crippen LogP contribution is -2.46. The van der Waals surface area contributed by atoms with Gasteiger partial charge in [0.2, 0.25) is 5.91 Å². The summed E-state index contributed by atoms with van der Waals surface area (Å²) in [5.41, 5.74) is -0.623. The van der Waals surface area contributed by atoms with Crippen LogP contribution in [0.2, 0.25) is 0 Å². The smallest absolute Gasteiger partial charge is 0.333 e. The molecule has 0 heterocycles. The molecule has 1 aromatic carbocycles. The third-order valence-corrected chi connectivity index (χ3v) is 3.73. The molecular weight excluding hydrogens is 274 g/mol. The summed E-state index contributed by atoms with van der Waals surface area (Å²) in [6.07, 6.45) is 0. The van der Waals surface area contributed by atoms with Crippen molar-refractivity contribution < 1.29 is 23.9 Å². The molecule has 0 spiro atoms. The standard InChI is InChI=1S/C15H17NO5/c1-9(17)16-15(14(19)21-3)11(12(15)13(18)20-2)10-7-5-4-6-8-10/h4-8,11-12H,1-3H3,(H,16,17). The van der Waals surface area contributed by atoms with E-state index in [2.05, 4.69) is 5.32 Å². The number of rotatable bonds is 4. The number of methoxy groups -OCH3 is 2. The highest BCUT2D eigenvalue weighted by Crippen LogP contribution is 2.58. The Kier molecular flexibility index (Phi) is 3.97. The van der Waals surface area contributed by atoms with Crippen LogP contribution >= 0.6 is 0 Å². The van der Waals surface area contributed by atoms with E-state index in [0.29, 0.717) is 0 Å². The molecule has 1 fully saturated rings. The van der Waals surface area contributed by atoms with Gasteiger partial charge in [-0.15, -0.1) is 0 Å². The van der Waals surface area contributed by atoms with Crippen LogP contribution in [0.25, 0.3) is 0 Å². The average molecular weight is 291 g/mol. The van der Waals surface area contributed by atoms with Gasteiger partial charge >= 0.3 is 11.9 Å². The summed E-state index contributed by atoms with van der Waals surface area (Å²) in [7, 11) is 2.47. The molecule has 0 bridgehead atoms. The van der Waals surface area contributed by atoms with Gasteiger partial charge in [-0.2, -0.15) is 0 Å². The number of ether oxygens (including phenoxy) is 2. The van der Waals surface area contributed by atoms with Gasteiger partial charge < -0.3 is 14.8 Å². The Balaban J connectivity index is 2.47. The number of hydrogen-bond donors (Lipinski definition) is 1. The minimum absolute atomic E-state index is 0.410. The first-order valence-electron chi connectivity index (χ1n) is 6.49. The normalized spacial score (nSPS) is 26.6. The topological polar surface area (TPSA) is 81.7 Å². The fraction of sp³-hybridized carbons (Fsp3) is 0.400. The highest BCUT2D eigenvalue weighted by Gasteiger charge is 2.75. The van der Waals surface area contributed by atoms with Crippen molar-refractivity contribution in [1.29, 1.82) is 0 Å². The molecule has 1 amide bonds. The van der Waals surface area contributed by atoms with Gasteiger partial charge in [-0.1, -0.05) is 30.3 Å². The van der Waals surface area contributed by atoms with E-state index in [9.17, 15) is 14.4 Å². The Hall–Kier alpha value is -2.37. The van der Waals surface area contributed by atoms with Crippen molar-refractivity contribution in [2.24, 2.45) is 5.92 Å². The van der Waals surface area contributed by atoms with Crippen molar-refractivity contribution in [2.75, 3.05) is 14.2 Å². The molecule has 1 aromatic rings. The minimum Gasteiger partial charge on any atom is -0.469 e. The first-order valence-corrected chi connectivity index (χ1v) is 6.49. The van der Waals surface area contributed by atoms with E-state index in [1.807, 2.05) is 6.07 Å². The molecule has 1 N–H and O–H groups in total. The number of benzene rings is 1. The van der Waals surface area contributed by atoms with E-state index in [1.165, 1.54) is 21.1 Å². The predicted octanol–water partition coefficient (Wildman–Crippen LogP) is 0.621. The monoisotopic (exact) mass is 291 g/mol. The predicted molar refractivity (Wildman–Crippen MR) is 73.3 cm³/mol. The van der Waals surface area contributed by atoms with Crippen LogP contribution < -0.4 is 5.32 Å². The maximum Gasteiger partial charge on any atom is 0.333 e. The van der Waals surface area contributed by atoms with Crippen molar-refractivity contribution in [3.05, 3.63) is 35.9 Å². The van der Waals surface area contributed by atoms with Gasteiger partial charge in [-0.05, 0) is 5.56 Å². The van der Waals surface area contributed by atoms with Crippen molar-refractivity contribution in [3.63, 3.8) is 0 Å². The molecule has 21 heavy (non-hydrogen) atoms. The summed E-state index contributed by atoms with van der Waals surface area (Å²) in [6.45, 7) is 1.29. The molecule has 1 aliphatic carbocycles. The SMILES string of the molecule is COC(=O)C1C(c2ccccc2)C1(NC(C)=O)C(=O)OC.